The maximum Gasteiger partial charge on any atom is 0.196 e. The van der Waals surface area contributed by atoms with E-state index in [0.29, 0.717) is 0 Å². The third kappa shape index (κ3) is 2.92. The zero-order valence-electron chi connectivity index (χ0n) is 11.6. The lowest BCUT2D eigenvalue weighted by Gasteiger charge is -1.98. The Bertz CT molecular complexity index is 653. The number of benzene rings is 1. The SMILES string of the molecule is CCCNCCc1ncc(-c2cc3ccccc3s2)o1. The van der Waals surface area contributed by atoms with Crippen molar-refractivity contribution in [2.24, 2.45) is 0 Å². The van der Waals surface area contributed by atoms with Crippen LogP contribution in [0.15, 0.2) is 40.9 Å². The zero-order chi connectivity index (χ0) is 13.8. The van der Waals surface area contributed by atoms with Gasteiger partial charge in [0.25, 0.3) is 0 Å². The highest BCUT2D eigenvalue weighted by atomic mass is 32.1. The second-order valence-corrected chi connectivity index (χ2v) is 5.85. The van der Waals surface area contributed by atoms with E-state index in [0.717, 1.165) is 42.5 Å². The summed E-state index contributed by atoms with van der Waals surface area (Å²) >= 11 is 1.75. The molecule has 0 aliphatic rings. The normalized spacial score (nSPS) is 11.2. The third-order valence-corrected chi connectivity index (χ3v) is 4.30. The molecule has 0 radical (unpaired) electrons. The van der Waals surface area contributed by atoms with Crippen LogP contribution in [0.1, 0.15) is 19.2 Å². The van der Waals surface area contributed by atoms with Crippen LogP contribution in [0.5, 0.6) is 0 Å². The Kier molecular flexibility index (Phi) is 4.14. The molecule has 2 aromatic heterocycles. The third-order valence-electron chi connectivity index (χ3n) is 3.16. The van der Waals surface area contributed by atoms with E-state index >= 15 is 0 Å². The smallest absolute Gasteiger partial charge is 0.196 e. The van der Waals surface area contributed by atoms with Crippen molar-refractivity contribution >= 4 is 21.4 Å². The number of nitrogens with zero attached hydrogens (tertiary/aromatic N) is 1. The molecule has 0 spiro atoms. The van der Waals surface area contributed by atoms with Gasteiger partial charge in [-0.1, -0.05) is 25.1 Å². The maximum atomic E-state index is 5.84. The summed E-state index contributed by atoms with van der Waals surface area (Å²) in [7, 11) is 0. The molecule has 0 atom stereocenters. The van der Waals surface area contributed by atoms with Crippen LogP contribution in [0.3, 0.4) is 0 Å². The molecule has 3 nitrogen and oxygen atoms in total. The molecule has 0 aliphatic carbocycles. The number of thiophene rings is 1. The minimum absolute atomic E-state index is 0.807. The minimum atomic E-state index is 0.807. The highest BCUT2D eigenvalue weighted by Crippen LogP contribution is 2.33. The van der Waals surface area contributed by atoms with Crippen LogP contribution >= 0.6 is 11.3 Å². The van der Waals surface area contributed by atoms with E-state index in [9.17, 15) is 0 Å². The van der Waals surface area contributed by atoms with E-state index in [4.69, 9.17) is 4.42 Å². The minimum Gasteiger partial charge on any atom is -0.440 e. The Morgan fingerprint density at radius 1 is 1.25 bits per heavy atom. The Hall–Kier alpha value is -1.65. The lowest BCUT2D eigenvalue weighted by molar-refractivity contribution is 0.496. The summed E-state index contributed by atoms with van der Waals surface area (Å²) < 4.78 is 7.12. The van der Waals surface area contributed by atoms with Gasteiger partial charge in [0.2, 0.25) is 0 Å². The fraction of sp³-hybridized carbons (Fsp3) is 0.312. The Labute approximate surface area is 122 Å². The summed E-state index contributed by atoms with van der Waals surface area (Å²) in [5.74, 6) is 1.68. The van der Waals surface area contributed by atoms with Gasteiger partial charge in [0.1, 0.15) is 0 Å². The number of rotatable bonds is 6. The summed E-state index contributed by atoms with van der Waals surface area (Å²) in [5.41, 5.74) is 0. The highest BCUT2D eigenvalue weighted by molar-refractivity contribution is 7.22. The first-order valence-electron chi connectivity index (χ1n) is 7.01. The summed E-state index contributed by atoms with van der Waals surface area (Å²) in [6.45, 7) is 4.13. The van der Waals surface area contributed by atoms with Crippen molar-refractivity contribution in [3.05, 3.63) is 42.4 Å². The molecule has 0 bridgehead atoms. The maximum absolute atomic E-state index is 5.84. The summed E-state index contributed by atoms with van der Waals surface area (Å²) in [6, 6.07) is 10.5. The number of fused-ring (bicyclic) bond motifs is 1. The molecule has 0 saturated heterocycles. The van der Waals surface area contributed by atoms with Crippen molar-refractivity contribution < 1.29 is 4.42 Å². The molecule has 0 aliphatic heterocycles. The van der Waals surface area contributed by atoms with Gasteiger partial charge < -0.3 is 9.73 Å². The topological polar surface area (TPSA) is 38.1 Å². The molecular weight excluding hydrogens is 268 g/mol. The largest absolute Gasteiger partial charge is 0.440 e. The van der Waals surface area contributed by atoms with Gasteiger partial charge in [-0.3, -0.25) is 0 Å². The lowest BCUT2D eigenvalue weighted by Crippen LogP contribution is -2.17. The van der Waals surface area contributed by atoms with Crippen molar-refractivity contribution in [1.29, 1.82) is 0 Å². The van der Waals surface area contributed by atoms with E-state index in [1.165, 1.54) is 10.1 Å². The zero-order valence-corrected chi connectivity index (χ0v) is 12.4. The molecule has 20 heavy (non-hydrogen) atoms. The predicted octanol–water partition coefficient (Wildman–Crippen LogP) is 4.10. The quantitative estimate of drug-likeness (QED) is 0.693. The van der Waals surface area contributed by atoms with E-state index in [-0.39, 0.29) is 0 Å². The molecule has 4 heteroatoms. The Balaban J connectivity index is 1.72. The monoisotopic (exact) mass is 286 g/mol. The van der Waals surface area contributed by atoms with Crippen molar-refractivity contribution in [2.75, 3.05) is 13.1 Å². The summed E-state index contributed by atoms with van der Waals surface area (Å²) in [5, 5.41) is 4.62. The average Bonchev–Trinajstić information content (AvgIpc) is 3.09. The second-order valence-electron chi connectivity index (χ2n) is 4.77. The fourth-order valence-corrected chi connectivity index (χ4v) is 3.15. The summed E-state index contributed by atoms with van der Waals surface area (Å²) in [4.78, 5) is 5.51. The van der Waals surface area contributed by atoms with Crippen molar-refractivity contribution in [2.45, 2.75) is 19.8 Å². The van der Waals surface area contributed by atoms with Crippen LogP contribution in [0.25, 0.3) is 20.7 Å². The average molecular weight is 286 g/mol. The van der Waals surface area contributed by atoms with Crippen LogP contribution in [-0.2, 0) is 6.42 Å². The van der Waals surface area contributed by atoms with E-state index in [1.54, 1.807) is 11.3 Å². The standard InChI is InChI=1S/C16H18N2OS/c1-2-8-17-9-7-16-18-11-13(19-16)15-10-12-5-3-4-6-14(12)20-15/h3-6,10-11,17H,2,7-9H2,1H3. The molecule has 3 rings (SSSR count). The molecule has 0 saturated carbocycles. The predicted molar refractivity (Wildman–Crippen MR) is 84.2 cm³/mol. The molecule has 1 aromatic carbocycles. The van der Waals surface area contributed by atoms with Crippen molar-refractivity contribution in [3.8, 4) is 10.6 Å². The van der Waals surface area contributed by atoms with E-state index in [2.05, 4.69) is 47.6 Å². The summed E-state index contributed by atoms with van der Waals surface area (Å²) in [6.07, 6.45) is 3.82. The lowest BCUT2D eigenvalue weighted by atomic mass is 10.2. The van der Waals surface area contributed by atoms with Crippen LogP contribution in [0.4, 0.5) is 0 Å². The molecule has 1 N–H and O–H groups in total. The van der Waals surface area contributed by atoms with Crippen LogP contribution < -0.4 is 5.32 Å². The van der Waals surface area contributed by atoms with Gasteiger partial charge >= 0.3 is 0 Å². The number of hydrogen-bond donors (Lipinski definition) is 1. The Morgan fingerprint density at radius 2 is 2.15 bits per heavy atom. The van der Waals surface area contributed by atoms with Gasteiger partial charge in [-0.25, -0.2) is 4.98 Å². The van der Waals surface area contributed by atoms with Gasteiger partial charge in [0.05, 0.1) is 11.1 Å². The van der Waals surface area contributed by atoms with Crippen LogP contribution in [0.2, 0.25) is 0 Å². The van der Waals surface area contributed by atoms with E-state index in [1.807, 2.05) is 6.20 Å². The first kappa shape index (κ1) is 13.3. The van der Waals surface area contributed by atoms with Crippen LogP contribution in [-0.4, -0.2) is 18.1 Å². The molecular formula is C16H18N2OS. The molecule has 2 heterocycles. The van der Waals surface area contributed by atoms with E-state index < -0.39 is 0 Å². The first-order chi connectivity index (χ1) is 9.86. The molecule has 0 fully saturated rings. The van der Waals surface area contributed by atoms with Gasteiger partial charge in [-0.2, -0.15) is 0 Å². The number of nitrogens with one attached hydrogen (secondary N) is 1. The van der Waals surface area contributed by atoms with Crippen molar-refractivity contribution in [1.82, 2.24) is 10.3 Å². The van der Waals surface area contributed by atoms with Gasteiger partial charge in [0, 0.05) is 17.7 Å². The van der Waals surface area contributed by atoms with Gasteiger partial charge in [0.15, 0.2) is 11.7 Å². The van der Waals surface area contributed by atoms with Crippen molar-refractivity contribution in [3.63, 3.8) is 0 Å². The number of oxazole rings is 1. The molecule has 0 unspecified atom stereocenters. The Morgan fingerprint density at radius 3 is 3.00 bits per heavy atom. The molecule has 104 valence electrons. The first-order valence-corrected chi connectivity index (χ1v) is 7.83. The fourth-order valence-electron chi connectivity index (χ4n) is 2.14. The number of hydrogen-bond acceptors (Lipinski definition) is 4. The second kappa shape index (κ2) is 6.20. The molecule has 3 aromatic rings. The van der Waals surface area contributed by atoms with Gasteiger partial charge in [-0.05, 0) is 30.5 Å². The van der Waals surface area contributed by atoms with Crippen LogP contribution in [0, 0.1) is 0 Å². The highest BCUT2D eigenvalue weighted by Gasteiger charge is 2.09. The van der Waals surface area contributed by atoms with Gasteiger partial charge in [-0.15, -0.1) is 11.3 Å². The number of aromatic nitrogens is 1. The molecule has 0 amide bonds.